The van der Waals surface area contributed by atoms with E-state index in [1.54, 1.807) is 18.2 Å². The molecule has 0 radical (unpaired) electrons. The Morgan fingerprint density at radius 1 is 1.17 bits per heavy atom. The number of nitrogens with zero attached hydrogens (tertiary/aromatic N) is 3. The Morgan fingerprint density at radius 2 is 1.83 bits per heavy atom. The minimum atomic E-state index is -0.426. The van der Waals surface area contributed by atoms with Crippen molar-refractivity contribution in [2.75, 3.05) is 23.3 Å². The molecule has 0 fully saturated rings. The molecule has 0 aliphatic rings. The smallest absolute Gasteiger partial charge is 0.311 e. The molecule has 2 rings (SSSR count). The highest BCUT2D eigenvalue weighted by Crippen LogP contribution is 2.27. The summed E-state index contributed by atoms with van der Waals surface area (Å²) in [5, 5.41) is 14.3. The van der Waals surface area contributed by atoms with E-state index in [1.165, 1.54) is 18.2 Å². The van der Waals surface area contributed by atoms with Crippen molar-refractivity contribution >= 4 is 17.3 Å². The first-order valence-corrected chi connectivity index (χ1v) is 7.43. The average Bonchev–Trinajstić information content (AvgIpc) is 2.55. The summed E-state index contributed by atoms with van der Waals surface area (Å²) in [4.78, 5) is 16.9. The minimum Gasteiger partial charge on any atom is -0.366 e. The number of aromatic nitrogens is 1. The fourth-order valence-electron chi connectivity index (χ4n) is 2.23. The van der Waals surface area contributed by atoms with Crippen LogP contribution in [0.1, 0.15) is 19.4 Å². The molecule has 7 heteroatoms. The number of nitrogens with one attached hydrogen (secondary N) is 1. The quantitative estimate of drug-likeness (QED) is 0.624. The Morgan fingerprint density at radius 3 is 2.39 bits per heavy atom. The van der Waals surface area contributed by atoms with Gasteiger partial charge in [0.05, 0.1) is 4.92 Å². The van der Waals surface area contributed by atoms with Gasteiger partial charge in [0, 0.05) is 25.7 Å². The average molecular weight is 318 g/mol. The van der Waals surface area contributed by atoms with E-state index >= 15 is 0 Å². The van der Waals surface area contributed by atoms with Gasteiger partial charge in [-0.05, 0) is 37.6 Å². The van der Waals surface area contributed by atoms with Crippen molar-refractivity contribution in [3.63, 3.8) is 0 Å². The molecule has 1 aromatic heterocycles. The highest BCUT2D eigenvalue weighted by Gasteiger charge is 2.20. The summed E-state index contributed by atoms with van der Waals surface area (Å²) < 4.78 is 12.9. The van der Waals surface area contributed by atoms with Crippen LogP contribution < -0.4 is 10.2 Å². The first-order valence-electron chi connectivity index (χ1n) is 7.43. The number of nitro groups is 1. The van der Waals surface area contributed by atoms with Crippen molar-refractivity contribution in [3.8, 4) is 0 Å². The van der Waals surface area contributed by atoms with Crippen molar-refractivity contribution < 1.29 is 9.31 Å². The van der Waals surface area contributed by atoms with Crippen LogP contribution in [0, 0.1) is 15.9 Å². The molecule has 0 unspecified atom stereocenters. The lowest BCUT2D eigenvalue weighted by molar-refractivity contribution is -0.384. The Hall–Kier alpha value is -2.70. The number of halogens is 1. The van der Waals surface area contributed by atoms with Crippen LogP contribution in [-0.2, 0) is 6.54 Å². The van der Waals surface area contributed by atoms with Gasteiger partial charge in [-0.3, -0.25) is 10.1 Å². The summed E-state index contributed by atoms with van der Waals surface area (Å²) in [5.74, 6) is 0.608. The van der Waals surface area contributed by atoms with Crippen LogP contribution in [0.2, 0.25) is 0 Å². The largest absolute Gasteiger partial charge is 0.366 e. The third-order valence-corrected chi connectivity index (χ3v) is 3.50. The van der Waals surface area contributed by atoms with E-state index in [0.29, 0.717) is 31.3 Å². The molecule has 0 aliphatic carbocycles. The van der Waals surface area contributed by atoms with Crippen molar-refractivity contribution in [1.82, 2.24) is 4.98 Å². The Kier molecular flexibility index (Phi) is 5.46. The first-order chi connectivity index (χ1) is 11.0. The summed E-state index contributed by atoms with van der Waals surface area (Å²) >= 11 is 0. The van der Waals surface area contributed by atoms with E-state index in [1.807, 2.05) is 18.7 Å². The second-order valence-electron chi connectivity index (χ2n) is 4.95. The van der Waals surface area contributed by atoms with Crippen LogP contribution in [0.25, 0.3) is 0 Å². The number of hydrogen-bond acceptors (Lipinski definition) is 5. The number of benzene rings is 1. The van der Waals surface area contributed by atoms with Gasteiger partial charge < -0.3 is 10.2 Å². The molecule has 0 amide bonds. The number of pyridine rings is 1. The van der Waals surface area contributed by atoms with Crippen LogP contribution >= 0.6 is 0 Å². The van der Waals surface area contributed by atoms with Crippen molar-refractivity contribution in [2.45, 2.75) is 20.4 Å². The van der Waals surface area contributed by atoms with E-state index in [0.717, 1.165) is 5.56 Å². The summed E-state index contributed by atoms with van der Waals surface area (Å²) in [5.41, 5.74) is 0.886. The topological polar surface area (TPSA) is 71.3 Å². The highest BCUT2D eigenvalue weighted by atomic mass is 19.1. The minimum absolute atomic E-state index is 0.0129. The van der Waals surface area contributed by atoms with Gasteiger partial charge in [-0.25, -0.2) is 9.37 Å². The van der Waals surface area contributed by atoms with Crippen molar-refractivity contribution in [1.29, 1.82) is 0 Å². The molecule has 1 aromatic carbocycles. The summed E-state index contributed by atoms with van der Waals surface area (Å²) in [6.45, 7) is 5.57. The second-order valence-corrected chi connectivity index (χ2v) is 4.95. The predicted molar refractivity (Wildman–Crippen MR) is 88.2 cm³/mol. The standard InChI is InChI=1S/C16H19FN4O2/c1-3-20(4-2)16-14(21(22)23)9-10-15(19-16)18-11-12-5-7-13(17)8-6-12/h5-10H,3-4,11H2,1-2H3,(H,18,19). The van der Waals surface area contributed by atoms with Crippen LogP contribution in [0.3, 0.4) is 0 Å². The van der Waals surface area contributed by atoms with Crippen molar-refractivity contribution in [3.05, 3.63) is 57.9 Å². The fraction of sp³-hybridized carbons (Fsp3) is 0.312. The molecule has 0 saturated heterocycles. The Bertz CT molecular complexity index is 672. The SMILES string of the molecule is CCN(CC)c1nc(NCc2ccc(F)cc2)ccc1[N+](=O)[O-]. The zero-order valence-corrected chi connectivity index (χ0v) is 13.1. The number of hydrogen-bond donors (Lipinski definition) is 1. The van der Waals surface area contributed by atoms with Crippen molar-refractivity contribution in [2.24, 2.45) is 0 Å². The zero-order chi connectivity index (χ0) is 16.8. The van der Waals surface area contributed by atoms with E-state index in [-0.39, 0.29) is 11.5 Å². The number of rotatable bonds is 7. The molecule has 0 spiro atoms. The molecule has 0 saturated carbocycles. The van der Waals surface area contributed by atoms with E-state index in [4.69, 9.17) is 0 Å². The van der Waals surface area contributed by atoms with Gasteiger partial charge >= 0.3 is 5.69 Å². The van der Waals surface area contributed by atoms with Crippen LogP contribution in [-0.4, -0.2) is 23.0 Å². The maximum atomic E-state index is 12.9. The summed E-state index contributed by atoms with van der Waals surface area (Å²) in [6, 6.07) is 9.17. The van der Waals surface area contributed by atoms with Gasteiger partial charge in [0.2, 0.25) is 5.82 Å². The highest BCUT2D eigenvalue weighted by molar-refractivity contribution is 5.61. The Balaban J connectivity index is 2.20. The third-order valence-electron chi connectivity index (χ3n) is 3.50. The lowest BCUT2D eigenvalue weighted by atomic mass is 10.2. The predicted octanol–water partition coefficient (Wildman–Crippen LogP) is 3.59. The fourth-order valence-corrected chi connectivity index (χ4v) is 2.23. The molecule has 2 aromatic rings. The number of anilines is 2. The lowest BCUT2D eigenvalue weighted by Gasteiger charge is -2.20. The lowest BCUT2D eigenvalue weighted by Crippen LogP contribution is -2.24. The first kappa shape index (κ1) is 16.7. The van der Waals surface area contributed by atoms with Crippen LogP contribution in [0.5, 0.6) is 0 Å². The molecule has 0 aliphatic heterocycles. The Labute approximate surface area is 134 Å². The molecule has 122 valence electrons. The molecule has 0 atom stereocenters. The molecule has 1 N–H and O–H groups in total. The van der Waals surface area contributed by atoms with Gasteiger partial charge in [-0.15, -0.1) is 0 Å². The summed E-state index contributed by atoms with van der Waals surface area (Å²) in [7, 11) is 0. The van der Waals surface area contributed by atoms with Gasteiger partial charge in [-0.1, -0.05) is 12.1 Å². The van der Waals surface area contributed by atoms with E-state index < -0.39 is 4.92 Å². The molecular formula is C16H19FN4O2. The van der Waals surface area contributed by atoms with E-state index in [9.17, 15) is 14.5 Å². The molecule has 23 heavy (non-hydrogen) atoms. The maximum Gasteiger partial charge on any atom is 0.311 e. The maximum absolute atomic E-state index is 12.9. The van der Waals surface area contributed by atoms with Crippen LogP contribution in [0.4, 0.5) is 21.7 Å². The summed E-state index contributed by atoms with van der Waals surface area (Å²) in [6.07, 6.45) is 0. The molecule has 6 nitrogen and oxygen atoms in total. The monoisotopic (exact) mass is 318 g/mol. The van der Waals surface area contributed by atoms with Gasteiger partial charge in [-0.2, -0.15) is 0 Å². The zero-order valence-electron chi connectivity index (χ0n) is 13.1. The van der Waals surface area contributed by atoms with Crippen LogP contribution in [0.15, 0.2) is 36.4 Å². The molecular weight excluding hydrogens is 299 g/mol. The van der Waals surface area contributed by atoms with Gasteiger partial charge in [0.1, 0.15) is 11.6 Å². The van der Waals surface area contributed by atoms with Gasteiger partial charge in [0.25, 0.3) is 0 Å². The van der Waals surface area contributed by atoms with Gasteiger partial charge in [0.15, 0.2) is 0 Å². The van der Waals surface area contributed by atoms with E-state index in [2.05, 4.69) is 10.3 Å². The third kappa shape index (κ3) is 4.15. The second kappa shape index (κ2) is 7.53. The molecule has 0 bridgehead atoms. The normalized spacial score (nSPS) is 10.4. The molecule has 1 heterocycles.